The fourth-order valence-electron chi connectivity index (χ4n) is 3.90. The number of rotatable bonds is 14. The number of cyclic esters (lactones) is 2. The van der Waals surface area contributed by atoms with E-state index in [-0.39, 0.29) is 24.1 Å². The molecule has 0 aromatic carbocycles. The van der Waals surface area contributed by atoms with Crippen LogP contribution in [0.15, 0.2) is 11.6 Å². The average molecular weight is 381 g/mol. The van der Waals surface area contributed by atoms with Crippen molar-refractivity contribution in [3.63, 3.8) is 0 Å². The first-order valence-corrected chi connectivity index (χ1v) is 10.9. The van der Waals surface area contributed by atoms with Crippen LogP contribution < -0.4 is 0 Å². The van der Waals surface area contributed by atoms with Gasteiger partial charge in [-0.1, -0.05) is 57.8 Å². The number of carbonyl (C=O) groups is 2. The monoisotopic (exact) mass is 380 g/mol. The van der Waals surface area contributed by atoms with Gasteiger partial charge >= 0.3 is 11.9 Å². The summed E-state index contributed by atoms with van der Waals surface area (Å²) in [7, 11) is 0. The highest BCUT2D eigenvalue weighted by molar-refractivity contribution is 5.90. The molecule has 3 atom stereocenters. The van der Waals surface area contributed by atoms with Crippen molar-refractivity contribution in [3.8, 4) is 0 Å². The lowest BCUT2D eigenvalue weighted by Crippen LogP contribution is -2.25. The zero-order valence-electron chi connectivity index (χ0n) is 16.8. The lowest BCUT2D eigenvalue weighted by Gasteiger charge is -2.16. The van der Waals surface area contributed by atoms with Crippen LogP contribution in [0.25, 0.3) is 0 Å². The minimum absolute atomic E-state index is 0.0454. The Morgan fingerprint density at radius 1 is 0.963 bits per heavy atom. The maximum Gasteiger partial charge on any atom is 0.334 e. The van der Waals surface area contributed by atoms with Crippen LogP contribution in [-0.2, 0) is 19.1 Å². The standard InChI is InChI=1S/C22H36O5/c1-17-16-18(22(25)26-17)12-10-8-6-4-2-3-5-7-9-11-13-19(23)20-14-15-21(24)27-20/h16-17,19-20,23H,2-15H2,1H3/t17-,19?,20?/m0/s1. The van der Waals surface area contributed by atoms with Crippen LogP contribution in [0.4, 0.5) is 0 Å². The summed E-state index contributed by atoms with van der Waals surface area (Å²) in [5.41, 5.74) is 0.860. The second-order valence-electron chi connectivity index (χ2n) is 8.01. The van der Waals surface area contributed by atoms with E-state index in [1.165, 1.54) is 44.9 Å². The van der Waals surface area contributed by atoms with Crippen LogP contribution in [0.2, 0.25) is 0 Å². The molecule has 0 saturated carbocycles. The molecule has 2 rings (SSSR count). The van der Waals surface area contributed by atoms with Gasteiger partial charge in [-0.25, -0.2) is 4.79 Å². The van der Waals surface area contributed by atoms with Crippen LogP contribution in [0.5, 0.6) is 0 Å². The minimum Gasteiger partial charge on any atom is -0.460 e. The number of esters is 2. The van der Waals surface area contributed by atoms with E-state index >= 15 is 0 Å². The maximum atomic E-state index is 11.5. The van der Waals surface area contributed by atoms with Crippen molar-refractivity contribution >= 4 is 11.9 Å². The van der Waals surface area contributed by atoms with Crippen molar-refractivity contribution in [2.24, 2.45) is 0 Å². The SMILES string of the molecule is C[C@H]1C=C(CCCCCCCCCCCCC(O)C2CCC(=O)O2)C(=O)O1. The Hall–Kier alpha value is -1.36. The number of hydrogen-bond acceptors (Lipinski definition) is 5. The van der Waals surface area contributed by atoms with E-state index in [2.05, 4.69) is 0 Å². The zero-order valence-corrected chi connectivity index (χ0v) is 16.8. The second kappa shape index (κ2) is 12.2. The highest BCUT2D eigenvalue weighted by Crippen LogP contribution is 2.22. The summed E-state index contributed by atoms with van der Waals surface area (Å²) in [4.78, 5) is 22.5. The summed E-state index contributed by atoms with van der Waals surface area (Å²) in [6.07, 6.45) is 15.8. The van der Waals surface area contributed by atoms with E-state index < -0.39 is 6.10 Å². The predicted octanol–water partition coefficient (Wildman–Crippen LogP) is 4.61. The van der Waals surface area contributed by atoms with E-state index in [9.17, 15) is 14.7 Å². The third-order valence-electron chi connectivity index (χ3n) is 5.53. The summed E-state index contributed by atoms with van der Waals surface area (Å²) < 4.78 is 10.2. The van der Waals surface area contributed by atoms with Gasteiger partial charge in [0.1, 0.15) is 12.2 Å². The van der Waals surface area contributed by atoms with E-state index in [4.69, 9.17) is 9.47 Å². The molecule has 2 aliphatic heterocycles. The lowest BCUT2D eigenvalue weighted by atomic mass is 10.0. The van der Waals surface area contributed by atoms with Crippen LogP contribution in [0.1, 0.15) is 96.8 Å². The number of aliphatic hydroxyl groups is 1. The highest BCUT2D eigenvalue weighted by atomic mass is 16.6. The van der Waals surface area contributed by atoms with Gasteiger partial charge in [-0.2, -0.15) is 0 Å². The third-order valence-corrected chi connectivity index (χ3v) is 5.53. The molecule has 0 aromatic heterocycles. The van der Waals surface area contributed by atoms with E-state index in [1.54, 1.807) is 0 Å². The minimum atomic E-state index is -0.485. The van der Waals surface area contributed by atoms with Gasteiger partial charge in [-0.15, -0.1) is 0 Å². The summed E-state index contributed by atoms with van der Waals surface area (Å²) in [5.74, 6) is -0.300. The predicted molar refractivity (Wildman–Crippen MR) is 104 cm³/mol. The normalized spacial score (nSPS) is 23.3. The Kier molecular flexibility index (Phi) is 9.89. The quantitative estimate of drug-likeness (QED) is 0.352. The molecule has 0 radical (unpaired) electrons. The first kappa shape index (κ1) is 21.9. The zero-order chi connectivity index (χ0) is 19.5. The smallest absolute Gasteiger partial charge is 0.334 e. The van der Waals surface area contributed by atoms with Crippen molar-refractivity contribution in [2.45, 2.75) is 115 Å². The Morgan fingerprint density at radius 3 is 2.07 bits per heavy atom. The average Bonchev–Trinajstić information content (AvgIpc) is 3.20. The van der Waals surface area contributed by atoms with Gasteiger partial charge in [0.05, 0.1) is 6.10 Å². The van der Waals surface area contributed by atoms with Crippen LogP contribution >= 0.6 is 0 Å². The molecule has 5 heteroatoms. The molecule has 1 saturated heterocycles. The fourth-order valence-corrected chi connectivity index (χ4v) is 3.90. The van der Waals surface area contributed by atoms with Crippen LogP contribution in [0, 0.1) is 0 Å². The number of unbranched alkanes of at least 4 members (excludes halogenated alkanes) is 9. The largest absolute Gasteiger partial charge is 0.460 e. The lowest BCUT2D eigenvalue weighted by molar-refractivity contribution is -0.145. The molecule has 154 valence electrons. The summed E-state index contributed by atoms with van der Waals surface area (Å²) in [6, 6.07) is 0. The van der Waals surface area contributed by atoms with Gasteiger partial charge in [-0.3, -0.25) is 4.79 Å². The topological polar surface area (TPSA) is 72.8 Å². The Labute approximate surface area is 163 Å². The molecular formula is C22H36O5. The molecule has 5 nitrogen and oxygen atoms in total. The fraction of sp³-hybridized carbons (Fsp3) is 0.818. The van der Waals surface area contributed by atoms with Gasteiger partial charge in [0, 0.05) is 12.0 Å². The molecule has 1 N–H and O–H groups in total. The molecule has 2 aliphatic rings. The molecule has 0 amide bonds. The van der Waals surface area contributed by atoms with E-state index in [0.29, 0.717) is 12.8 Å². The number of hydrogen-bond donors (Lipinski definition) is 1. The molecule has 0 aliphatic carbocycles. The molecule has 27 heavy (non-hydrogen) atoms. The third kappa shape index (κ3) is 8.46. The van der Waals surface area contributed by atoms with Crippen molar-refractivity contribution in [1.82, 2.24) is 0 Å². The molecule has 0 spiro atoms. The Bertz CT molecular complexity index is 499. The van der Waals surface area contributed by atoms with Crippen molar-refractivity contribution in [2.75, 3.05) is 0 Å². The number of aliphatic hydroxyl groups excluding tert-OH is 1. The van der Waals surface area contributed by atoms with E-state index in [0.717, 1.165) is 37.7 Å². The molecule has 0 bridgehead atoms. The molecule has 2 heterocycles. The van der Waals surface area contributed by atoms with Gasteiger partial charge in [0.2, 0.25) is 0 Å². The van der Waals surface area contributed by atoms with Gasteiger partial charge in [0.25, 0.3) is 0 Å². The molecular weight excluding hydrogens is 344 g/mol. The summed E-state index contributed by atoms with van der Waals surface area (Å²) in [5, 5.41) is 10.0. The van der Waals surface area contributed by atoms with Gasteiger partial charge in [-0.05, 0) is 38.7 Å². The Balaban J connectivity index is 1.32. The van der Waals surface area contributed by atoms with Gasteiger partial charge < -0.3 is 14.6 Å². The van der Waals surface area contributed by atoms with Crippen molar-refractivity contribution in [3.05, 3.63) is 11.6 Å². The van der Waals surface area contributed by atoms with Crippen molar-refractivity contribution in [1.29, 1.82) is 0 Å². The molecule has 0 aromatic rings. The highest BCUT2D eigenvalue weighted by Gasteiger charge is 2.29. The van der Waals surface area contributed by atoms with Crippen LogP contribution in [0.3, 0.4) is 0 Å². The maximum absolute atomic E-state index is 11.5. The van der Waals surface area contributed by atoms with Crippen LogP contribution in [-0.4, -0.2) is 35.4 Å². The van der Waals surface area contributed by atoms with E-state index in [1.807, 2.05) is 13.0 Å². The number of carbonyl (C=O) groups excluding carboxylic acids is 2. The summed E-state index contributed by atoms with van der Waals surface area (Å²) in [6.45, 7) is 1.90. The molecule has 1 fully saturated rings. The first-order chi connectivity index (χ1) is 13.1. The molecule has 2 unspecified atom stereocenters. The second-order valence-corrected chi connectivity index (χ2v) is 8.01. The van der Waals surface area contributed by atoms with Crippen molar-refractivity contribution < 1.29 is 24.2 Å². The Morgan fingerprint density at radius 2 is 1.56 bits per heavy atom. The van der Waals surface area contributed by atoms with Gasteiger partial charge in [0.15, 0.2) is 0 Å². The summed E-state index contributed by atoms with van der Waals surface area (Å²) >= 11 is 0. The first-order valence-electron chi connectivity index (χ1n) is 10.9. The number of ether oxygens (including phenoxy) is 2.